The van der Waals surface area contributed by atoms with Crippen LogP contribution < -0.4 is 4.74 Å². The minimum atomic E-state index is 0.0641. The molecule has 6 nitrogen and oxygen atoms in total. The van der Waals surface area contributed by atoms with Gasteiger partial charge in [-0.2, -0.15) is 0 Å². The van der Waals surface area contributed by atoms with Crippen molar-refractivity contribution >= 4 is 28.6 Å². The van der Waals surface area contributed by atoms with E-state index < -0.39 is 0 Å². The number of rotatable bonds is 7. The van der Waals surface area contributed by atoms with Crippen LogP contribution in [0.4, 0.5) is 0 Å². The zero-order valence-corrected chi connectivity index (χ0v) is 14.4. The predicted octanol–water partition coefficient (Wildman–Crippen LogP) is 2.85. The molecule has 0 saturated heterocycles. The van der Waals surface area contributed by atoms with Gasteiger partial charge in [-0.15, -0.1) is 10.2 Å². The van der Waals surface area contributed by atoms with Gasteiger partial charge in [0.05, 0.1) is 24.2 Å². The lowest BCUT2D eigenvalue weighted by atomic mass is 10.3. The molecule has 0 saturated carbocycles. The van der Waals surface area contributed by atoms with Gasteiger partial charge in [0.15, 0.2) is 5.16 Å². The highest BCUT2D eigenvalue weighted by Crippen LogP contribution is 2.25. The maximum absolute atomic E-state index is 9.35. The minimum absolute atomic E-state index is 0.0641. The van der Waals surface area contributed by atoms with Crippen LogP contribution in [0, 0.1) is 0 Å². The van der Waals surface area contributed by atoms with Crippen LogP contribution in [0.5, 0.6) is 5.75 Å². The van der Waals surface area contributed by atoms with Crippen molar-refractivity contribution in [2.75, 3.05) is 19.0 Å². The third-order valence-corrected chi connectivity index (χ3v) is 4.81. The molecular formula is C18H18N4O2S. The van der Waals surface area contributed by atoms with E-state index in [2.05, 4.69) is 10.2 Å². The number of imidazole rings is 1. The highest BCUT2D eigenvalue weighted by Gasteiger charge is 2.16. The molecule has 7 heteroatoms. The van der Waals surface area contributed by atoms with Crippen LogP contribution in [0.1, 0.15) is 0 Å². The monoisotopic (exact) mass is 354 g/mol. The summed E-state index contributed by atoms with van der Waals surface area (Å²) in [6.07, 6.45) is 0. The van der Waals surface area contributed by atoms with Crippen LogP contribution >= 0.6 is 11.8 Å². The molecule has 0 aliphatic rings. The van der Waals surface area contributed by atoms with Gasteiger partial charge >= 0.3 is 0 Å². The van der Waals surface area contributed by atoms with E-state index in [4.69, 9.17) is 4.74 Å². The van der Waals surface area contributed by atoms with Crippen LogP contribution in [-0.2, 0) is 6.54 Å². The quantitative estimate of drug-likeness (QED) is 0.408. The second-order valence-corrected chi connectivity index (χ2v) is 6.55. The number of fused-ring (bicyclic) bond motifs is 3. The van der Waals surface area contributed by atoms with Crippen LogP contribution in [0.15, 0.2) is 59.8 Å². The second-order valence-electron chi connectivity index (χ2n) is 5.49. The van der Waals surface area contributed by atoms with Crippen molar-refractivity contribution in [2.45, 2.75) is 11.7 Å². The van der Waals surface area contributed by atoms with Gasteiger partial charge in [0.25, 0.3) is 0 Å². The molecule has 0 spiro atoms. The first-order chi connectivity index (χ1) is 12.4. The lowest BCUT2D eigenvalue weighted by Gasteiger charge is -2.04. The smallest absolute Gasteiger partial charge is 0.237 e. The fourth-order valence-electron chi connectivity index (χ4n) is 2.86. The van der Waals surface area contributed by atoms with Gasteiger partial charge in [0.2, 0.25) is 5.78 Å². The Morgan fingerprint density at radius 2 is 1.72 bits per heavy atom. The highest BCUT2D eigenvalue weighted by atomic mass is 32.2. The maximum atomic E-state index is 9.35. The number of aliphatic hydroxyl groups excluding tert-OH is 1. The Hall–Kier alpha value is -2.51. The third-order valence-electron chi connectivity index (χ3n) is 3.92. The average Bonchev–Trinajstić information content (AvgIpc) is 3.20. The van der Waals surface area contributed by atoms with Gasteiger partial charge in [-0.3, -0.25) is 4.40 Å². The zero-order chi connectivity index (χ0) is 17.1. The van der Waals surface area contributed by atoms with Gasteiger partial charge < -0.3 is 14.4 Å². The number of hydrogen-bond donors (Lipinski definition) is 1. The van der Waals surface area contributed by atoms with Gasteiger partial charge in [-0.05, 0) is 24.3 Å². The van der Waals surface area contributed by atoms with Gasteiger partial charge in [0.1, 0.15) is 5.75 Å². The Kier molecular flexibility index (Phi) is 4.58. The van der Waals surface area contributed by atoms with Crippen molar-refractivity contribution in [1.29, 1.82) is 0 Å². The van der Waals surface area contributed by atoms with Crippen LogP contribution in [0.2, 0.25) is 0 Å². The van der Waals surface area contributed by atoms with E-state index in [9.17, 15) is 5.11 Å². The summed E-state index contributed by atoms with van der Waals surface area (Å²) in [5.41, 5.74) is 2.09. The summed E-state index contributed by atoms with van der Waals surface area (Å²) in [5.74, 6) is 2.39. The molecule has 0 atom stereocenters. The number of aliphatic hydroxyl groups is 1. The molecule has 4 aromatic rings. The Morgan fingerprint density at radius 3 is 2.52 bits per heavy atom. The van der Waals surface area contributed by atoms with E-state index in [1.807, 2.05) is 63.6 Å². The van der Waals surface area contributed by atoms with Gasteiger partial charge in [-0.1, -0.05) is 42.1 Å². The molecule has 0 amide bonds. The molecule has 0 radical (unpaired) electrons. The maximum Gasteiger partial charge on any atom is 0.237 e. The average molecular weight is 354 g/mol. The molecule has 2 heterocycles. The molecule has 2 aromatic heterocycles. The first-order valence-corrected chi connectivity index (χ1v) is 9.11. The van der Waals surface area contributed by atoms with Gasteiger partial charge in [0, 0.05) is 12.3 Å². The normalized spacial score (nSPS) is 11.4. The Labute approximate surface area is 149 Å². The summed E-state index contributed by atoms with van der Waals surface area (Å²) in [7, 11) is 0. The Balaban J connectivity index is 1.55. The van der Waals surface area contributed by atoms with Crippen molar-refractivity contribution in [3.63, 3.8) is 0 Å². The van der Waals surface area contributed by atoms with Crippen LogP contribution in [-0.4, -0.2) is 43.2 Å². The summed E-state index contributed by atoms with van der Waals surface area (Å²) in [5, 5.41) is 18.8. The van der Waals surface area contributed by atoms with Crippen molar-refractivity contribution in [2.24, 2.45) is 0 Å². The van der Waals surface area contributed by atoms with Gasteiger partial charge in [-0.25, -0.2) is 0 Å². The molecule has 0 bridgehead atoms. The number of thioether (sulfide) groups is 1. The number of benzene rings is 2. The number of hydrogen-bond acceptors (Lipinski definition) is 5. The van der Waals surface area contributed by atoms with E-state index >= 15 is 0 Å². The largest absolute Gasteiger partial charge is 0.493 e. The first-order valence-electron chi connectivity index (χ1n) is 8.12. The highest BCUT2D eigenvalue weighted by molar-refractivity contribution is 7.99. The number of aromatic nitrogens is 4. The topological polar surface area (TPSA) is 64.6 Å². The van der Waals surface area contributed by atoms with E-state index in [1.165, 1.54) is 0 Å². The summed E-state index contributed by atoms with van der Waals surface area (Å²) < 4.78 is 9.76. The fourth-order valence-corrected chi connectivity index (χ4v) is 3.62. The summed E-state index contributed by atoms with van der Waals surface area (Å²) in [4.78, 5) is 0. The molecule has 0 fully saturated rings. The molecule has 0 aliphatic carbocycles. The van der Waals surface area contributed by atoms with E-state index in [0.29, 0.717) is 13.2 Å². The predicted molar refractivity (Wildman–Crippen MR) is 98.2 cm³/mol. The van der Waals surface area contributed by atoms with E-state index in [1.54, 1.807) is 11.8 Å². The fraction of sp³-hybridized carbons (Fsp3) is 0.222. The second kappa shape index (κ2) is 7.16. The first kappa shape index (κ1) is 16.0. The molecule has 1 N–H and O–H groups in total. The Morgan fingerprint density at radius 1 is 0.960 bits per heavy atom. The minimum Gasteiger partial charge on any atom is -0.493 e. The molecule has 0 aliphatic heterocycles. The van der Waals surface area contributed by atoms with Crippen LogP contribution in [0.3, 0.4) is 0 Å². The Bertz CT molecular complexity index is 981. The zero-order valence-electron chi connectivity index (χ0n) is 13.6. The lowest BCUT2D eigenvalue weighted by Crippen LogP contribution is -2.02. The van der Waals surface area contributed by atoms with Crippen molar-refractivity contribution in [3.8, 4) is 5.75 Å². The summed E-state index contributed by atoms with van der Waals surface area (Å²) in [6, 6.07) is 17.8. The van der Waals surface area contributed by atoms with E-state index in [-0.39, 0.29) is 6.61 Å². The van der Waals surface area contributed by atoms with Crippen molar-refractivity contribution in [3.05, 3.63) is 54.6 Å². The summed E-state index contributed by atoms with van der Waals surface area (Å²) in [6.45, 7) is 1.16. The molecule has 0 unspecified atom stereocenters. The number of para-hydroxylation sites is 3. The SMILES string of the molecule is OCCn1c2ccccc2n2c(SCCOc3ccccc3)nnc12. The summed E-state index contributed by atoms with van der Waals surface area (Å²) >= 11 is 1.61. The van der Waals surface area contributed by atoms with Crippen molar-refractivity contribution in [1.82, 2.24) is 19.2 Å². The van der Waals surface area contributed by atoms with Crippen molar-refractivity contribution < 1.29 is 9.84 Å². The molecule has 4 rings (SSSR count). The molecule has 25 heavy (non-hydrogen) atoms. The van der Waals surface area contributed by atoms with Crippen LogP contribution in [0.25, 0.3) is 16.8 Å². The molecule has 128 valence electrons. The molecule has 2 aromatic carbocycles. The third kappa shape index (κ3) is 3.08. The number of ether oxygens (including phenoxy) is 1. The lowest BCUT2D eigenvalue weighted by molar-refractivity contribution is 0.279. The standard InChI is InChI=1S/C18H18N4O2S/c23-11-10-21-15-8-4-5-9-16(15)22-17(21)19-20-18(22)25-13-12-24-14-6-2-1-3-7-14/h1-9,23H,10-13H2. The van der Waals surface area contributed by atoms with E-state index in [0.717, 1.165) is 33.5 Å². The molecular weight excluding hydrogens is 336 g/mol. The number of nitrogens with zero attached hydrogens (tertiary/aromatic N) is 4.